The first-order valence-electron chi connectivity index (χ1n) is 8.33. The van der Waals surface area contributed by atoms with Crippen molar-refractivity contribution in [1.82, 2.24) is 24.4 Å². The van der Waals surface area contributed by atoms with Gasteiger partial charge >= 0.3 is 0 Å². The Morgan fingerprint density at radius 3 is 2.39 bits per heavy atom. The van der Waals surface area contributed by atoms with Gasteiger partial charge in [0.25, 0.3) is 5.91 Å². The van der Waals surface area contributed by atoms with Gasteiger partial charge < -0.3 is 5.32 Å². The highest BCUT2D eigenvalue weighted by Crippen LogP contribution is 2.14. The minimum Gasteiger partial charge on any atom is -0.345 e. The summed E-state index contributed by atoms with van der Waals surface area (Å²) in [5, 5.41) is 9.67. The number of benzene rings is 2. The number of para-hydroxylation sites is 1. The second kappa shape index (κ2) is 8.05. The molecule has 1 amide bonds. The number of carbonyl (C=O) groups is 1. The molecule has 0 saturated carbocycles. The van der Waals surface area contributed by atoms with Crippen LogP contribution in [0, 0.1) is 4.77 Å². The van der Waals surface area contributed by atoms with Crippen LogP contribution < -0.4 is 5.32 Å². The van der Waals surface area contributed by atoms with Crippen molar-refractivity contribution in [3.05, 3.63) is 70.8 Å². The second-order valence-electron chi connectivity index (χ2n) is 6.11. The Morgan fingerprint density at radius 2 is 1.79 bits per heavy atom. The van der Waals surface area contributed by atoms with E-state index in [0.717, 1.165) is 9.99 Å². The zero-order valence-electron chi connectivity index (χ0n) is 15.3. The molecule has 1 heterocycles. The summed E-state index contributed by atoms with van der Waals surface area (Å²) in [6, 6.07) is 15.2. The van der Waals surface area contributed by atoms with E-state index in [9.17, 15) is 13.2 Å². The quantitative estimate of drug-likeness (QED) is 0.599. The number of nitrogens with zero attached hydrogens (tertiary/aromatic N) is 3. The minimum absolute atomic E-state index is 0.124. The zero-order valence-corrected chi connectivity index (χ0v) is 16.9. The lowest BCUT2D eigenvalue weighted by Gasteiger charge is -2.12. The number of carbonyl (C=O) groups excluding carboxylic acids is 1. The average Bonchev–Trinajstić information content (AvgIpc) is 3.07. The van der Waals surface area contributed by atoms with E-state index >= 15 is 0 Å². The number of nitrogens with one attached hydrogen (secondary N) is 2. The van der Waals surface area contributed by atoms with Gasteiger partial charge in [-0.15, -0.1) is 0 Å². The van der Waals surface area contributed by atoms with Gasteiger partial charge in [-0.25, -0.2) is 12.7 Å². The molecule has 28 heavy (non-hydrogen) atoms. The Balaban J connectivity index is 1.75. The van der Waals surface area contributed by atoms with Crippen molar-refractivity contribution < 1.29 is 13.2 Å². The van der Waals surface area contributed by atoms with Crippen LogP contribution in [-0.4, -0.2) is 47.5 Å². The number of rotatable bonds is 6. The maximum absolute atomic E-state index is 12.4. The Kier molecular flexibility index (Phi) is 5.73. The lowest BCUT2D eigenvalue weighted by Crippen LogP contribution is -2.25. The predicted molar refractivity (Wildman–Crippen MR) is 107 cm³/mol. The summed E-state index contributed by atoms with van der Waals surface area (Å²) < 4.78 is 27.5. The van der Waals surface area contributed by atoms with Crippen LogP contribution in [0.5, 0.6) is 0 Å². The number of amides is 1. The highest BCUT2D eigenvalue weighted by molar-refractivity contribution is 7.89. The van der Waals surface area contributed by atoms with Gasteiger partial charge in [-0.05, 0) is 48.6 Å². The van der Waals surface area contributed by atoms with Crippen LogP contribution >= 0.6 is 12.2 Å². The molecule has 0 radical (unpaired) electrons. The molecular formula is C18H19N5O3S2. The molecule has 2 N–H and O–H groups in total. The molecule has 0 fully saturated rings. The van der Waals surface area contributed by atoms with E-state index in [0.29, 0.717) is 16.2 Å². The third-order valence-electron chi connectivity index (χ3n) is 4.06. The molecular weight excluding hydrogens is 398 g/mol. The fraction of sp³-hybridized carbons (Fsp3) is 0.167. The van der Waals surface area contributed by atoms with Crippen LogP contribution in [0.4, 0.5) is 0 Å². The van der Waals surface area contributed by atoms with Crippen molar-refractivity contribution in [2.45, 2.75) is 11.4 Å². The summed E-state index contributed by atoms with van der Waals surface area (Å²) in [7, 11) is -0.628. The van der Waals surface area contributed by atoms with Crippen LogP contribution in [0.25, 0.3) is 5.69 Å². The third-order valence-corrected chi connectivity index (χ3v) is 6.16. The Labute approximate surface area is 167 Å². The molecule has 2 aromatic carbocycles. The summed E-state index contributed by atoms with van der Waals surface area (Å²) in [5.41, 5.74) is 1.18. The number of hydrogen-bond donors (Lipinski definition) is 2. The molecule has 0 spiro atoms. The van der Waals surface area contributed by atoms with Crippen LogP contribution in [0.15, 0.2) is 59.5 Å². The topological polar surface area (TPSA) is 100 Å². The van der Waals surface area contributed by atoms with E-state index in [1.807, 2.05) is 30.3 Å². The monoisotopic (exact) mass is 417 g/mol. The number of sulfonamides is 1. The summed E-state index contributed by atoms with van der Waals surface area (Å²) in [6.45, 7) is 0.151. The SMILES string of the molecule is CN(C)S(=O)(=O)c1ccc(C(=O)NCc2n[nH]c(=S)n2-c2ccccc2)cc1. The van der Waals surface area contributed by atoms with E-state index in [-0.39, 0.29) is 17.3 Å². The van der Waals surface area contributed by atoms with Gasteiger partial charge in [0.2, 0.25) is 10.0 Å². The second-order valence-corrected chi connectivity index (χ2v) is 8.65. The van der Waals surface area contributed by atoms with Gasteiger partial charge in [-0.3, -0.25) is 14.5 Å². The van der Waals surface area contributed by atoms with E-state index in [2.05, 4.69) is 15.5 Å². The number of hydrogen-bond acceptors (Lipinski definition) is 5. The van der Waals surface area contributed by atoms with Crippen LogP contribution in [-0.2, 0) is 16.6 Å². The van der Waals surface area contributed by atoms with E-state index < -0.39 is 10.0 Å². The predicted octanol–water partition coefficient (Wildman–Crippen LogP) is 2.11. The fourth-order valence-electron chi connectivity index (χ4n) is 2.54. The highest BCUT2D eigenvalue weighted by atomic mass is 32.2. The first-order valence-corrected chi connectivity index (χ1v) is 10.2. The molecule has 0 aliphatic carbocycles. The molecule has 146 valence electrons. The molecule has 0 atom stereocenters. The van der Waals surface area contributed by atoms with E-state index in [1.165, 1.54) is 38.4 Å². The standard InChI is InChI=1S/C18H19N5O3S2/c1-22(2)28(25,26)15-10-8-13(9-11-15)17(24)19-12-16-20-21-18(27)23(16)14-6-4-3-5-7-14/h3-11H,12H2,1-2H3,(H,19,24)(H,21,27). The van der Waals surface area contributed by atoms with Gasteiger partial charge in [-0.2, -0.15) is 5.10 Å². The lowest BCUT2D eigenvalue weighted by molar-refractivity contribution is 0.0949. The van der Waals surface area contributed by atoms with Crippen LogP contribution in [0.1, 0.15) is 16.2 Å². The Hall–Kier alpha value is -2.82. The van der Waals surface area contributed by atoms with Crippen molar-refractivity contribution in [2.24, 2.45) is 0 Å². The normalized spacial score (nSPS) is 11.5. The summed E-state index contributed by atoms with van der Waals surface area (Å²) in [4.78, 5) is 12.5. The maximum atomic E-state index is 12.4. The lowest BCUT2D eigenvalue weighted by atomic mass is 10.2. The smallest absolute Gasteiger partial charge is 0.251 e. The average molecular weight is 418 g/mol. The fourth-order valence-corrected chi connectivity index (χ4v) is 3.70. The van der Waals surface area contributed by atoms with Crippen molar-refractivity contribution in [3.8, 4) is 5.69 Å². The number of aromatic nitrogens is 3. The van der Waals surface area contributed by atoms with Crippen LogP contribution in [0.2, 0.25) is 0 Å². The van der Waals surface area contributed by atoms with Crippen molar-refractivity contribution in [2.75, 3.05) is 14.1 Å². The molecule has 3 rings (SSSR count). The molecule has 0 unspecified atom stereocenters. The van der Waals surface area contributed by atoms with Gasteiger partial charge in [0, 0.05) is 25.3 Å². The molecule has 0 aliphatic rings. The maximum Gasteiger partial charge on any atom is 0.251 e. The summed E-state index contributed by atoms with van der Waals surface area (Å²) in [6.07, 6.45) is 0. The van der Waals surface area contributed by atoms with E-state index in [4.69, 9.17) is 12.2 Å². The first kappa shape index (κ1) is 19.9. The van der Waals surface area contributed by atoms with Crippen LogP contribution in [0.3, 0.4) is 0 Å². The minimum atomic E-state index is -3.54. The summed E-state index contributed by atoms with van der Waals surface area (Å²) in [5.74, 6) is 0.207. The van der Waals surface area contributed by atoms with Crippen molar-refractivity contribution in [3.63, 3.8) is 0 Å². The molecule has 8 nitrogen and oxygen atoms in total. The molecule has 3 aromatic rings. The molecule has 0 aliphatic heterocycles. The molecule has 1 aromatic heterocycles. The molecule has 0 saturated heterocycles. The van der Waals surface area contributed by atoms with Crippen molar-refractivity contribution in [1.29, 1.82) is 0 Å². The Morgan fingerprint density at radius 1 is 1.14 bits per heavy atom. The van der Waals surface area contributed by atoms with Crippen molar-refractivity contribution >= 4 is 28.1 Å². The number of aromatic amines is 1. The molecule has 10 heteroatoms. The molecule has 0 bridgehead atoms. The third kappa shape index (κ3) is 4.03. The largest absolute Gasteiger partial charge is 0.345 e. The van der Waals surface area contributed by atoms with Gasteiger partial charge in [-0.1, -0.05) is 18.2 Å². The van der Waals surface area contributed by atoms with E-state index in [1.54, 1.807) is 4.57 Å². The van der Waals surface area contributed by atoms with Gasteiger partial charge in [0.1, 0.15) is 0 Å². The summed E-state index contributed by atoms with van der Waals surface area (Å²) >= 11 is 5.27. The first-order chi connectivity index (χ1) is 13.3. The zero-order chi connectivity index (χ0) is 20.3. The number of H-pyrrole nitrogens is 1. The highest BCUT2D eigenvalue weighted by Gasteiger charge is 2.18. The van der Waals surface area contributed by atoms with Gasteiger partial charge in [0.15, 0.2) is 10.6 Å². The van der Waals surface area contributed by atoms with Gasteiger partial charge in [0.05, 0.1) is 11.4 Å². The Bertz CT molecular complexity index is 1130.